The fourth-order valence-corrected chi connectivity index (χ4v) is 4.03. The van der Waals surface area contributed by atoms with Gasteiger partial charge in [-0.25, -0.2) is 0 Å². The van der Waals surface area contributed by atoms with E-state index < -0.39 is 0 Å². The molecule has 1 unspecified atom stereocenters. The summed E-state index contributed by atoms with van der Waals surface area (Å²) in [6.07, 6.45) is 3.40. The van der Waals surface area contributed by atoms with Crippen LogP contribution in [0.3, 0.4) is 0 Å². The molecule has 1 aromatic heterocycles. The van der Waals surface area contributed by atoms with E-state index in [0.29, 0.717) is 12.7 Å². The zero-order valence-electron chi connectivity index (χ0n) is 18.6. The molecule has 3 rings (SSSR count). The van der Waals surface area contributed by atoms with E-state index in [1.54, 1.807) is 0 Å². The molecule has 0 N–H and O–H groups in total. The largest absolute Gasteiger partial charge is 0.494 e. The lowest BCUT2D eigenvalue weighted by atomic mass is 10.0. The first-order valence-corrected chi connectivity index (χ1v) is 11.4. The second kappa shape index (κ2) is 10.7. The molecule has 0 aliphatic rings. The fourth-order valence-electron chi connectivity index (χ4n) is 3.55. The third kappa shape index (κ3) is 5.50. The minimum Gasteiger partial charge on any atom is -0.494 e. The third-order valence-electron chi connectivity index (χ3n) is 5.39. The van der Waals surface area contributed by atoms with Crippen LogP contribution in [0.4, 0.5) is 0 Å². The van der Waals surface area contributed by atoms with Gasteiger partial charge in [-0.15, -0.1) is 0 Å². The van der Waals surface area contributed by atoms with Crippen LogP contribution in [0.25, 0.3) is 22.0 Å². The Kier molecular flexibility index (Phi) is 8.06. The van der Waals surface area contributed by atoms with E-state index >= 15 is 0 Å². The van der Waals surface area contributed by atoms with E-state index in [1.807, 2.05) is 12.1 Å². The highest BCUT2D eigenvalue weighted by Crippen LogP contribution is 2.31. The molecule has 0 radical (unpaired) electrons. The number of benzene rings is 2. The molecule has 0 saturated carbocycles. The molecule has 1 atom stereocenters. The zero-order valence-corrected chi connectivity index (χ0v) is 19.4. The smallest absolute Gasteiger partial charge is 0.120 e. The molecule has 1 heterocycles. The molecule has 4 heteroatoms. The maximum Gasteiger partial charge on any atom is 0.120 e. The zero-order chi connectivity index (χ0) is 21.5. The highest BCUT2D eigenvalue weighted by Gasteiger charge is 2.11. The minimum atomic E-state index is 0.279. The van der Waals surface area contributed by atoms with Crippen molar-refractivity contribution in [2.24, 2.45) is 0 Å². The Morgan fingerprint density at radius 2 is 1.67 bits per heavy atom. The Balaban J connectivity index is 1.79. The number of nitrogens with zero attached hydrogens (tertiary/aromatic N) is 1. The molecule has 0 spiro atoms. The van der Waals surface area contributed by atoms with E-state index in [2.05, 4.69) is 74.7 Å². The van der Waals surface area contributed by atoms with Crippen LogP contribution in [0, 0.1) is 4.64 Å². The summed E-state index contributed by atoms with van der Waals surface area (Å²) in [4.78, 5) is 0. The van der Waals surface area contributed by atoms with E-state index in [0.717, 1.165) is 58.3 Å². The van der Waals surface area contributed by atoms with Crippen LogP contribution in [0.1, 0.15) is 53.0 Å². The maximum absolute atomic E-state index is 6.03. The van der Waals surface area contributed by atoms with Crippen molar-refractivity contribution in [2.75, 3.05) is 13.2 Å². The molecule has 0 saturated heterocycles. The van der Waals surface area contributed by atoms with Crippen molar-refractivity contribution in [1.82, 2.24) is 4.57 Å². The van der Waals surface area contributed by atoms with Gasteiger partial charge in [0.25, 0.3) is 0 Å². The average molecular weight is 424 g/mol. The van der Waals surface area contributed by atoms with Gasteiger partial charge < -0.3 is 14.0 Å². The van der Waals surface area contributed by atoms with Gasteiger partial charge >= 0.3 is 0 Å². The Morgan fingerprint density at radius 1 is 0.933 bits per heavy atom. The summed E-state index contributed by atoms with van der Waals surface area (Å²) in [5.41, 5.74) is 3.38. The van der Waals surface area contributed by atoms with Crippen LogP contribution in [0.5, 0.6) is 5.75 Å². The maximum atomic E-state index is 6.03. The van der Waals surface area contributed by atoms with Crippen molar-refractivity contribution in [3.8, 4) is 16.9 Å². The lowest BCUT2D eigenvalue weighted by Gasteiger charge is -2.19. The van der Waals surface area contributed by atoms with Gasteiger partial charge in [-0.05, 0) is 69.9 Å². The lowest BCUT2D eigenvalue weighted by molar-refractivity contribution is 0.0592. The topological polar surface area (TPSA) is 23.4 Å². The Labute approximate surface area is 185 Å². The van der Waals surface area contributed by atoms with Crippen molar-refractivity contribution >= 4 is 23.1 Å². The summed E-state index contributed by atoms with van der Waals surface area (Å²) in [5, 5.41) is 1.15. The molecule has 3 aromatic rings. The Morgan fingerprint density at radius 3 is 2.37 bits per heavy atom. The number of ether oxygens (including phenoxy) is 2. The molecule has 160 valence electrons. The first-order chi connectivity index (χ1) is 14.5. The molecule has 3 nitrogen and oxygen atoms in total. The summed E-state index contributed by atoms with van der Waals surface area (Å²) < 4.78 is 14.9. The highest BCUT2D eigenvalue weighted by molar-refractivity contribution is 7.71. The normalized spacial score (nSPS) is 12.4. The molecule has 0 aliphatic carbocycles. The standard InChI is InChI=1S/C26H33NO2S/c1-5-20(4)28-15-9-10-16-29-23-13-14-25-22(17-23)18-24(21-11-7-6-8-12-21)26(30)27(25)19(2)3/h6-8,11-14,17-20H,5,9-10,15-16H2,1-4H3. The lowest BCUT2D eigenvalue weighted by Crippen LogP contribution is -2.08. The molecule has 0 aliphatic heterocycles. The van der Waals surface area contributed by atoms with Gasteiger partial charge in [0.2, 0.25) is 0 Å². The van der Waals surface area contributed by atoms with Gasteiger partial charge in [0.1, 0.15) is 10.4 Å². The number of pyridine rings is 1. The number of unbranched alkanes of at least 4 members (excludes halogenated alkanes) is 1. The van der Waals surface area contributed by atoms with Gasteiger partial charge in [0.05, 0.1) is 12.7 Å². The monoisotopic (exact) mass is 423 g/mol. The number of aromatic nitrogens is 1. The molecule has 0 bridgehead atoms. The summed E-state index contributed by atoms with van der Waals surface area (Å²) in [6, 6.07) is 19.1. The van der Waals surface area contributed by atoms with Crippen molar-refractivity contribution in [3.63, 3.8) is 0 Å². The van der Waals surface area contributed by atoms with Gasteiger partial charge in [0.15, 0.2) is 0 Å². The van der Waals surface area contributed by atoms with Crippen LogP contribution in [0.15, 0.2) is 54.6 Å². The molecular formula is C26H33NO2S. The van der Waals surface area contributed by atoms with Crippen molar-refractivity contribution in [2.45, 2.75) is 59.1 Å². The minimum absolute atomic E-state index is 0.279. The predicted octanol–water partition coefficient (Wildman–Crippen LogP) is 7.59. The van der Waals surface area contributed by atoms with Crippen LogP contribution in [-0.2, 0) is 4.74 Å². The van der Waals surface area contributed by atoms with Crippen LogP contribution in [0.2, 0.25) is 0 Å². The quantitative estimate of drug-likeness (QED) is 0.248. The second-order valence-electron chi connectivity index (χ2n) is 8.06. The molecule has 2 aromatic carbocycles. The summed E-state index contributed by atoms with van der Waals surface area (Å²) in [6.45, 7) is 10.1. The van der Waals surface area contributed by atoms with Gasteiger partial charge in [0, 0.05) is 29.1 Å². The molecule has 30 heavy (non-hydrogen) atoms. The van der Waals surface area contributed by atoms with Crippen molar-refractivity contribution < 1.29 is 9.47 Å². The second-order valence-corrected chi connectivity index (χ2v) is 8.45. The summed E-state index contributed by atoms with van der Waals surface area (Å²) >= 11 is 5.87. The van der Waals surface area contributed by atoms with Gasteiger partial charge in [-0.1, -0.05) is 49.5 Å². The molecular weight excluding hydrogens is 390 g/mol. The number of fused-ring (bicyclic) bond motifs is 1. The average Bonchev–Trinajstić information content (AvgIpc) is 2.75. The number of rotatable bonds is 10. The molecule has 0 fully saturated rings. The van der Waals surface area contributed by atoms with Crippen LogP contribution < -0.4 is 4.74 Å². The van der Waals surface area contributed by atoms with E-state index in [-0.39, 0.29) is 6.04 Å². The summed E-state index contributed by atoms with van der Waals surface area (Å²) in [7, 11) is 0. The Hall–Kier alpha value is -2.17. The predicted molar refractivity (Wildman–Crippen MR) is 129 cm³/mol. The van der Waals surface area contributed by atoms with Gasteiger partial charge in [-0.3, -0.25) is 0 Å². The highest BCUT2D eigenvalue weighted by atomic mass is 32.1. The fraction of sp³-hybridized carbons (Fsp3) is 0.423. The molecule has 0 amide bonds. The third-order valence-corrected chi connectivity index (χ3v) is 5.81. The van der Waals surface area contributed by atoms with Gasteiger partial charge in [-0.2, -0.15) is 0 Å². The first kappa shape index (κ1) is 22.5. The van der Waals surface area contributed by atoms with E-state index in [1.165, 1.54) is 0 Å². The van der Waals surface area contributed by atoms with E-state index in [4.69, 9.17) is 21.7 Å². The number of hydrogen-bond donors (Lipinski definition) is 0. The van der Waals surface area contributed by atoms with Crippen molar-refractivity contribution in [3.05, 3.63) is 59.2 Å². The summed E-state index contributed by atoms with van der Waals surface area (Å²) in [5.74, 6) is 0.900. The van der Waals surface area contributed by atoms with Crippen LogP contribution >= 0.6 is 12.2 Å². The first-order valence-electron chi connectivity index (χ1n) is 11.0. The van der Waals surface area contributed by atoms with E-state index in [9.17, 15) is 0 Å². The number of hydrogen-bond acceptors (Lipinski definition) is 3. The van der Waals surface area contributed by atoms with Crippen molar-refractivity contribution in [1.29, 1.82) is 0 Å². The van der Waals surface area contributed by atoms with Crippen LogP contribution in [-0.4, -0.2) is 23.9 Å². The SMILES string of the molecule is CCC(C)OCCCCOc1ccc2c(c1)cc(-c1ccccc1)c(=S)n2C(C)C. The Bertz CT molecular complexity index is 1010.